The van der Waals surface area contributed by atoms with Gasteiger partial charge in [0.05, 0.1) is 5.69 Å². The molecule has 21 heavy (non-hydrogen) atoms. The lowest BCUT2D eigenvalue weighted by Crippen LogP contribution is -2.03. The van der Waals surface area contributed by atoms with Crippen LogP contribution in [0.3, 0.4) is 0 Å². The molecule has 1 aromatic heterocycles. The zero-order valence-electron chi connectivity index (χ0n) is 12.1. The van der Waals surface area contributed by atoms with Gasteiger partial charge in [-0.1, -0.05) is 29.8 Å². The van der Waals surface area contributed by atoms with E-state index in [0.29, 0.717) is 0 Å². The molecule has 0 spiro atoms. The van der Waals surface area contributed by atoms with E-state index in [1.807, 2.05) is 24.3 Å². The lowest BCUT2D eigenvalue weighted by Gasteiger charge is -2.11. The molecule has 0 saturated heterocycles. The van der Waals surface area contributed by atoms with Crippen molar-refractivity contribution in [1.29, 1.82) is 0 Å². The summed E-state index contributed by atoms with van der Waals surface area (Å²) >= 11 is 0. The lowest BCUT2D eigenvalue weighted by molar-refractivity contribution is 0.789. The van der Waals surface area contributed by atoms with Crippen molar-refractivity contribution in [2.45, 2.75) is 20.4 Å². The number of benzene rings is 2. The van der Waals surface area contributed by atoms with Crippen LogP contribution in [0.5, 0.6) is 0 Å². The third-order valence-corrected chi connectivity index (χ3v) is 3.45. The SMILES string of the molecule is Cc1ccc(C)c(CNc2cccc(-n3cnnn3)c2)c1. The Morgan fingerprint density at radius 2 is 2.00 bits per heavy atom. The zero-order valence-corrected chi connectivity index (χ0v) is 12.1. The lowest BCUT2D eigenvalue weighted by atomic mass is 10.1. The molecule has 0 saturated carbocycles. The number of nitrogens with one attached hydrogen (secondary N) is 1. The highest BCUT2D eigenvalue weighted by molar-refractivity contribution is 5.51. The number of aryl methyl sites for hydroxylation is 2. The molecule has 0 aliphatic heterocycles. The van der Waals surface area contributed by atoms with Crippen LogP contribution in [0.25, 0.3) is 5.69 Å². The summed E-state index contributed by atoms with van der Waals surface area (Å²) in [6.07, 6.45) is 1.59. The monoisotopic (exact) mass is 279 g/mol. The number of rotatable bonds is 4. The molecule has 0 unspecified atom stereocenters. The van der Waals surface area contributed by atoms with Crippen LogP contribution in [0.4, 0.5) is 5.69 Å². The number of anilines is 1. The third kappa shape index (κ3) is 3.08. The van der Waals surface area contributed by atoms with Crippen molar-refractivity contribution < 1.29 is 0 Å². The normalized spacial score (nSPS) is 10.6. The Morgan fingerprint density at radius 3 is 2.81 bits per heavy atom. The molecule has 3 aromatic rings. The molecule has 0 atom stereocenters. The van der Waals surface area contributed by atoms with Crippen LogP contribution < -0.4 is 5.32 Å². The highest BCUT2D eigenvalue weighted by Crippen LogP contribution is 2.16. The van der Waals surface area contributed by atoms with Crippen molar-refractivity contribution in [2.75, 3.05) is 5.32 Å². The van der Waals surface area contributed by atoms with Gasteiger partial charge in [-0.25, -0.2) is 4.68 Å². The number of tetrazole rings is 1. The first-order chi connectivity index (χ1) is 10.2. The Hall–Kier alpha value is -2.69. The van der Waals surface area contributed by atoms with Crippen molar-refractivity contribution in [3.63, 3.8) is 0 Å². The molecule has 0 bridgehead atoms. The molecule has 0 fully saturated rings. The van der Waals surface area contributed by atoms with Gasteiger partial charge in [0.1, 0.15) is 6.33 Å². The molecule has 0 aliphatic rings. The Bertz CT molecular complexity index is 734. The predicted octanol–water partition coefficient (Wildman–Crippen LogP) is 2.89. The molecule has 5 nitrogen and oxygen atoms in total. The Kier molecular flexibility index (Phi) is 3.64. The Morgan fingerprint density at radius 1 is 1.10 bits per heavy atom. The minimum atomic E-state index is 0.798. The first kappa shape index (κ1) is 13.3. The molecule has 0 aliphatic carbocycles. The van der Waals surface area contributed by atoms with Gasteiger partial charge in [-0.05, 0) is 53.6 Å². The summed E-state index contributed by atoms with van der Waals surface area (Å²) < 4.78 is 1.64. The van der Waals surface area contributed by atoms with Crippen LogP contribution >= 0.6 is 0 Å². The fourth-order valence-electron chi connectivity index (χ4n) is 2.23. The maximum atomic E-state index is 3.90. The average molecular weight is 279 g/mol. The second kappa shape index (κ2) is 5.75. The number of hydrogen-bond donors (Lipinski definition) is 1. The zero-order chi connectivity index (χ0) is 14.7. The molecule has 106 valence electrons. The number of hydrogen-bond acceptors (Lipinski definition) is 4. The standard InChI is InChI=1S/C16H17N5/c1-12-6-7-13(2)14(8-12)10-17-15-4-3-5-16(9-15)21-11-18-19-20-21/h3-9,11,17H,10H2,1-2H3. The summed E-state index contributed by atoms with van der Waals surface area (Å²) in [6.45, 7) is 5.04. The molecule has 3 rings (SSSR count). The third-order valence-electron chi connectivity index (χ3n) is 3.45. The van der Waals surface area contributed by atoms with E-state index < -0.39 is 0 Å². The summed E-state index contributed by atoms with van der Waals surface area (Å²) in [5.41, 5.74) is 5.86. The van der Waals surface area contributed by atoms with Crippen LogP contribution in [-0.2, 0) is 6.54 Å². The van der Waals surface area contributed by atoms with Gasteiger partial charge in [0, 0.05) is 12.2 Å². The minimum absolute atomic E-state index is 0.798. The molecular weight excluding hydrogens is 262 g/mol. The highest BCUT2D eigenvalue weighted by atomic mass is 15.5. The van der Waals surface area contributed by atoms with Gasteiger partial charge in [-0.15, -0.1) is 5.10 Å². The predicted molar refractivity (Wildman–Crippen MR) is 82.4 cm³/mol. The maximum absolute atomic E-state index is 3.90. The molecular formula is C16H17N5. The Labute approximate surface area is 123 Å². The summed E-state index contributed by atoms with van der Waals surface area (Å²) in [7, 11) is 0. The average Bonchev–Trinajstić information content (AvgIpc) is 3.03. The van der Waals surface area contributed by atoms with E-state index in [4.69, 9.17) is 0 Å². The van der Waals surface area contributed by atoms with E-state index in [1.165, 1.54) is 16.7 Å². The van der Waals surface area contributed by atoms with Crippen molar-refractivity contribution >= 4 is 5.69 Å². The van der Waals surface area contributed by atoms with Gasteiger partial charge in [0.15, 0.2) is 0 Å². The van der Waals surface area contributed by atoms with E-state index in [1.54, 1.807) is 11.0 Å². The molecule has 1 N–H and O–H groups in total. The summed E-state index contributed by atoms with van der Waals surface area (Å²) in [5, 5.41) is 14.7. The second-order valence-corrected chi connectivity index (χ2v) is 5.09. The van der Waals surface area contributed by atoms with Crippen LogP contribution in [0.1, 0.15) is 16.7 Å². The molecule has 0 amide bonds. The molecule has 0 radical (unpaired) electrons. The van der Waals surface area contributed by atoms with E-state index in [9.17, 15) is 0 Å². The van der Waals surface area contributed by atoms with E-state index in [0.717, 1.165) is 17.9 Å². The van der Waals surface area contributed by atoms with E-state index >= 15 is 0 Å². The van der Waals surface area contributed by atoms with Crippen LogP contribution in [0.15, 0.2) is 48.8 Å². The summed E-state index contributed by atoms with van der Waals surface area (Å²) in [6, 6.07) is 14.5. The van der Waals surface area contributed by atoms with Gasteiger partial charge < -0.3 is 5.32 Å². The number of nitrogens with zero attached hydrogens (tertiary/aromatic N) is 4. The van der Waals surface area contributed by atoms with Gasteiger partial charge in [0.25, 0.3) is 0 Å². The van der Waals surface area contributed by atoms with Gasteiger partial charge in [0.2, 0.25) is 0 Å². The minimum Gasteiger partial charge on any atom is -0.381 e. The molecule has 2 aromatic carbocycles. The Balaban J connectivity index is 1.76. The fourth-order valence-corrected chi connectivity index (χ4v) is 2.23. The van der Waals surface area contributed by atoms with E-state index in [2.05, 4.69) is 52.9 Å². The van der Waals surface area contributed by atoms with Gasteiger partial charge in [-0.3, -0.25) is 0 Å². The van der Waals surface area contributed by atoms with Crippen LogP contribution in [0, 0.1) is 13.8 Å². The first-order valence-corrected chi connectivity index (χ1v) is 6.86. The van der Waals surface area contributed by atoms with Crippen LogP contribution in [-0.4, -0.2) is 20.2 Å². The van der Waals surface area contributed by atoms with Gasteiger partial charge >= 0.3 is 0 Å². The highest BCUT2D eigenvalue weighted by Gasteiger charge is 2.02. The van der Waals surface area contributed by atoms with Crippen molar-refractivity contribution in [2.24, 2.45) is 0 Å². The number of aromatic nitrogens is 4. The molecule has 1 heterocycles. The second-order valence-electron chi connectivity index (χ2n) is 5.09. The van der Waals surface area contributed by atoms with Crippen LogP contribution in [0.2, 0.25) is 0 Å². The summed E-state index contributed by atoms with van der Waals surface area (Å²) in [4.78, 5) is 0. The van der Waals surface area contributed by atoms with Crippen molar-refractivity contribution in [3.05, 3.63) is 65.5 Å². The fraction of sp³-hybridized carbons (Fsp3) is 0.188. The first-order valence-electron chi connectivity index (χ1n) is 6.86. The van der Waals surface area contributed by atoms with Crippen molar-refractivity contribution in [3.8, 4) is 5.69 Å². The van der Waals surface area contributed by atoms with Gasteiger partial charge in [-0.2, -0.15) is 0 Å². The largest absolute Gasteiger partial charge is 0.381 e. The van der Waals surface area contributed by atoms with E-state index in [-0.39, 0.29) is 0 Å². The maximum Gasteiger partial charge on any atom is 0.143 e. The molecule has 5 heteroatoms. The smallest absolute Gasteiger partial charge is 0.143 e. The topological polar surface area (TPSA) is 55.6 Å². The quantitative estimate of drug-likeness (QED) is 0.798. The summed E-state index contributed by atoms with van der Waals surface area (Å²) in [5.74, 6) is 0. The van der Waals surface area contributed by atoms with Crippen molar-refractivity contribution in [1.82, 2.24) is 20.2 Å².